The maximum atomic E-state index is 4.55. The number of hydrogen-bond donors (Lipinski definition) is 2. The van der Waals surface area contributed by atoms with Crippen LogP contribution in [0.25, 0.3) is 10.9 Å². The van der Waals surface area contributed by atoms with Crippen molar-refractivity contribution in [1.29, 1.82) is 0 Å². The molecule has 0 spiro atoms. The summed E-state index contributed by atoms with van der Waals surface area (Å²) in [6, 6.07) is 13.4. The average molecular weight is 335 g/mol. The first-order valence-corrected chi connectivity index (χ1v) is 9.15. The second kappa shape index (κ2) is 7.76. The Kier molecular flexibility index (Phi) is 5.04. The van der Waals surface area contributed by atoms with Gasteiger partial charge in [-0.1, -0.05) is 18.2 Å². The maximum absolute atomic E-state index is 4.55. The molecule has 0 bridgehead atoms. The summed E-state index contributed by atoms with van der Waals surface area (Å²) in [6.07, 6.45) is 7.44. The van der Waals surface area contributed by atoms with E-state index in [-0.39, 0.29) is 0 Å². The number of aromatic amines is 1. The van der Waals surface area contributed by atoms with Crippen LogP contribution in [0.5, 0.6) is 0 Å². The molecule has 0 aliphatic carbocycles. The van der Waals surface area contributed by atoms with E-state index in [0.29, 0.717) is 6.04 Å². The molecule has 4 rings (SSSR count). The third-order valence-corrected chi connectivity index (χ3v) is 5.04. The van der Waals surface area contributed by atoms with E-state index in [1.54, 1.807) is 0 Å². The smallest absolute Gasteiger partial charge is 0.0653 e. The van der Waals surface area contributed by atoms with Crippen LogP contribution in [-0.4, -0.2) is 39.2 Å². The lowest BCUT2D eigenvalue weighted by Crippen LogP contribution is -2.35. The monoisotopic (exact) mass is 335 g/mol. The molecule has 130 valence electrons. The van der Waals surface area contributed by atoms with Gasteiger partial charge in [0.2, 0.25) is 0 Å². The van der Waals surface area contributed by atoms with Crippen molar-refractivity contribution in [3.05, 3.63) is 60.0 Å². The Labute approximate surface area is 148 Å². The Bertz CT molecular complexity index is 790. The normalized spacial score (nSPS) is 18.5. The van der Waals surface area contributed by atoms with E-state index in [9.17, 15) is 0 Å². The van der Waals surface area contributed by atoms with Gasteiger partial charge in [0.15, 0.2) is 0 Å². The molecule has 0 saturated carbocycles. The molecule has 25 heavy (non-hydrogen) atoms. The lowest BCUT2D eigenvalue weighted by Gasteiger charge is -2.31. The molecule has 0 unspecified atom stereocenters. The van der Waals surface area contributed by atoms with Crippen LogP contribution in [0.4, 0.5) is 0 Å². The number of fused-ring (bicyclic) bond motifs is 1. The van der Waals surface area contributed by atoms with Gasteiger partial charge in [0.25, 0.3) is 0 Å². The number of rotatable bonds is 5. The molecule has 0 amide bonds. The van der Waals surface area contributed by atoms with Gasteiger partial charge in [0, 0.05) is 30.7 Å². The number of benzene rings is 1. The Balaban J connectivity index is 1.56. The molecule has 1 aromatic carbocycles. The molecule has 2 N–H and O–H groups in total. The summed E-state index contributed by atoms with van der Waals surface area (Å²) in [5, 5.41) is 11.9. The van der Waals surface area contributed by atoms with E-state index in [4.69, 9.17) is 0 Å². The van der Waals surface area contributed by atoms with E-state index in [2.05, 4.69) is 55.7 Å². The summed E-state index contributed by atoms with van der Waals surface area (Å²) in [4.78, 5) is 7.14. The van der Waals surface area contributed by atoms with Crippen molar-refractivity contribution in [3.8, 4) is 0 Å². The molecule has 1 fully saturated rings. The van der Waals surface area contributed by atoms with Gasteiger partial charge >= 0.3 is 0 Å². The first-order valence-electron chi connectivity index (χ1n) is 9.15. The molecule has 1 aliphatic rings. The molecule has 1 saturated heterocycles. The van der Waals surface area contributed by atoms with Gasteiger partial charge in [-0.25, -0.2) is 0 Å². The molecule has 5 nitrogen and oxygen atoms in total. The Morgan fingerprint density at radius 3 is 3.00 bits per heavy atom. The quantitative estimate of drug-likeness (QED) is 0.752. The van der Waals surface area contributed by atoms with Gasteiger partial charge in [0.1, 0.15) is 0 Å². The highest BCUT2D eigenvalue weighted by Gasteiger charge is 2.21. The minimum absolute atomic E-state index is 0.592. The molecule has 3 aromatic rings. The van der Waals surface area contributed by atoms with Gasteiger partial charge in [-0.3, -0.25) is 15.0 Å². The number of nitrogens with zero attached hydrogens (tertiary/aromatic N) is 3. The summed E-state index contributed by atoms with van der Waals surface area (Å²) in [6.45, 7) is 4.07. The van der Waals surface area contributed by atoms with Crippen molar-refractivity contribution in [3.63, 3.8) is 0 Å². The predicted molar refractivity (Wildman–Crippen MR) is 100 cm³/mol. The molecular weight excluding hydrogens is 310 g/mol. The van der Waals surface area contributed by atoms with Crippen LogP contribution in [0, 0.1) is 0 Å². The highest BCUT2D eigenvalue weighted by atomic mass is 15.2. The van der Waals surface area contributed by atoms with E-state index in [1.165, 1.54) is 30.2 Å². The number of hydrogen-bond acceptors (Lipinski definition) is 4. The van der Waals surface area contributed by atoms with Crippen LogP contribution >= 0.6 is 0 Å². The summed E-state index contributed by atoms with van der Waals surface area (Å²) in [5.41, 5.74) is 3.57. The van der Waals surface area contributed by atoms with Crippen LogP contribution in [0.2, 0.25) is 0 Å². The van der Waals surface area contributed by atoms with E-state index in [1.807, 2.05) is 18.5 Å². The van der Waals surface area contributed by atoms with Crippen molar-refractivity contribution in [2.75, 3.05) is 13.1 Å². The maximum Gasteiger partial charge on any atom is 0.0653 e. The lowest BCUT2D eigenvalue weighted by molar-refractivity contribution is 0.162. The first kappa shape index (κ1) is 16.2. The van der Waals surface area contributed by atoms with Crippen LogP contribution in [0.3, 0.4) is 0 Å². The number of H-pyrrole nitrogens is 1. The van der Waals surface area contributed by atoms with Crippen molar-refractivity contribution in [2.45, 2.75) is 38.4 Å². The SMILES string of the molecule is c1ccc(CN(Cc2ccc3cn[nH]c3c2)[C@H]2CCCNCC2)nc1. The van der Waals surface area contributed by atoms with Crippen LogP contribution in [0.15, 0.2) is 48.8 Å². The third kappa shape index (κ3) is 4.06. The zero-order valence-corrected chi connectivity index (χ0v) is 14.5. The highest BCUT2D eigenvalue weighted by Crippen LogP contribution is 2.21. The van der Waals surface area contributed by atoms with Gasteiger partial charge in [-0.2, -0.15) is 5.10 Å². The van der Waals surface area contributed by atoms with Crippen molar-refractivity contribution < 1.29 is 0 Å². The molecular formula is C20H25N5. The number of aromatic nitrogens is 3. The highest BCUT2D eigenvalue weighted by molar-refractivity contribution is 5.78. The second-order valence-electron chi connectivity index (χ2n) is 6.85. The van der Waals surface area contributed by atoms with Gasteiger partial charge in [-0.15, -0.1) is 0 Å². The fourth-order valence-electron chi connectivity index (χ4n) is 3.70. The molecule has 1 aliphatic heterocycles. The minimum Gasteiger partial charge on any atom is -0.317 e. The second-order valence-corrected chi connectivity index (χ2v) is 6.85. The fourth-order valence-corrected chi connectivity index (χ4v) is 3.70. The molecule has 0 radical (unpaired) electrons. The van der Waals surface area contributed by atoms with Crippen LogP contribution in [0.1, 0.15) is 30.5 Å². The Morgan fingerprint density at radius 1 is 1.08 bits per heavy atom. The van der Waals surface area contributed by atoms with E-state index in [0.717, 1.165) is 37.4 Å². The van der Waals surface area contributed by atoms with Gasteiger partial charge in [0.05, 0.1) is 17.4 Å². The molecule has 5 heteroatoms. The van der Waals surface area contributed by atoms with Crippen LogP contribution in [-0.2, 0) is 13.1 Å². The summed E-state index contributed by atoms with van der Waals surface area (Å²) in [7, 11) is 0. The van der Waals surface area contributed by atoms with E-state index >= 15 is 0 Å². The van der Waals surface area contributed by atoms with Gasteiger partial charge in [-0.05, 0) is 56.1 Å². The van der Waals surface area contributed by atoms with Crippen molar-refractivity contribution >= 4 is 10.9 Å². The minimum atomic E-state index is 0.592. The van der Waals surface area contributed by atoms with E-state index < -0.39 is 0 Å². The van der Waals surface area contributed by atoms with Gasteiger partial charge < -0.3 is 5.32 Å². The topological polar surface area (TPSA) is 56.8 Å². The summed E-state index contributed by atoms with van der Waals surface area (Å²) < 4.78 is 0. The number of pyridine rings is 1. The predicted octanol–water partition coefficient (Wildman–Crippen LogP) is 3.10. The largest absolute Gasteiger partial charge is 0.317 e. The molecule has 1 atom stereocenters. The number of nitrogens with one attached hydrogen (secondary N) is 2. The summed E-state index contributed by atoms with van der Waals surface area (Å²) >= 11 is 0. The standard InChI is InChI=1S/C20H25N5/c1-2-10-22-18(4-1)15-25(19-5-3-9-21-11-8-19)14-16-6-7-17-13-23-24-20(17)12-16/h1-2,4,6-7,10,12-13,19,21H,3,5,8-9,11,14-15H2,(H,23,24)/t19-/m0/s1. The Hall–Kier alpha value is -2.24. The lowest BCUT2D eigenvalue weighted by atomic mass is 10.0. The fraction of sp³-hybridized carbons (Fsp3) is 0.400. The summed E-state index contributed by atoms with van der Waals surface area (Å²) in [5.74, 6) is 0. The van der Waals surface area contributed by atoms with Crippen LogP contribution < -0.4 is 5.32 Å². The van der Waals surface area contributed by atoms with Crippen molar-refractivity contribution in [1.82, 2.24) is 25.4 Å². The molecule has 3 heterocycles. The third-order valence-electron chi connectivity index (χ3n) is 5.04. The van der Waals surface area contributed by atoms with Crippen molar-refractivity contribution in [2.24, 2.45) is 0 Å². The molecule has 2 aromatic heterocycles. The first-order chi connectivity index (χ1) is 12.4. The Morgan fingerprint density at radius 2 is 2.08 bits per heavy atom. The zero-order valence-electron chi connectivity index (χ0n) is 14.5. The average Bonchev–Trinajstić information content (AvgIpc) is 2.94. The zero-order chi connectivity index (χ0) is 16.9.